The Bertz CT molecular complexity index is 676. The van der Waals surface area contributed by atoms with Crippen LogP contribution in [0.25, 0.3) is 0 Å². The van der Waals surface area contributed by atoms with Crippen molar-refractivity contribution in [3.05, 3.63) is 65.2 Å². The molecule has 0 unspecified atom stereocenters. The number of ether oxygens (including phenoxy) is 2. The van der Waals surface area contributed by atoms with E-state index in [1.807, 2.05) is 26.0 Å². The average molecular weight is 298 g/mol. The van der Waals surface area contributed by atoms with Gasteiger partial charge in [0.15, 0.2) is 0 Å². The Balaban J connectivity index is 2.12. The number of aryl methyl sites for hydroxylation is 1. The van der Waals surface area contributed by atoms with Crippen molar-refractivity contribution in [3.63, 3.8) is 0 Å². The normalized spacial score (nSPS) is 10.1. The van der Waals surface area contributed by atoms with Gasteiger partial charge in [0.2, 0.25) is 0 Å². The number of hydrogen-bond acceptors (Lipinski definition) is 4. The zero-order valence-electron chi connectivity index (χ0n) is 12.7. The van der Waals surface area contributed by atoms with Crippen LogP contribution < -0.4 is 4.74 Å². The summed E-state index contributed by atoms with van der Waals surface area (Å²) in [7, 11) is 0. The van der Waals surface area contributed by atoms with Crippen LogP contribution in [0.15, 0.2) is 48.5 Å². The number of rotatable bonds is 5. The lowest BCUT2D eigenvalue weighted by Gasteiger charge is -2.08. The summed E-state index contributed by atoms with van der Waals surface area (Å²) < 4.78 is 10.4. The fourth-order valence-electron chi connectivity index (χ4n) is 1.93. The topological polar surface area (TPSA) is 52.6 Å². The second kappa shape index (κ2) is 7.41. The fourth-order valence-corrected chi connectivity index (χ4v) is 1.93. The summed E-state index contributed by atoms with van der Waals surface area (Å²) in [5.41, 5.74) is 1.70. The summed E-state index contributed by atoms with van der Waals surface area (Å²) in [5, 5.41) is 0. The predicted octanol–water partition coefficient (Wildman–Crippen LogP) is 3.78. The van der Waals surface area contributed by atoms with Gasteiger partial charge in [0.1, 0.15) is 5.75 Å². The largest absolute Gasteiger partial charge is 0.462 e. The molecular formula is C18H18O4. The van der Waals surface area contributed by atoms with Crippen molar-refractivity contribution in [2.75, 3.05) is 6.61 Å². The van der Waals surface area contributed by atoms with E-state index >= 15 is 0 Å². The van der Waals surface area contributed by atoms with Crippen molar-refractivity contribution < 1.29 is 19.1 Å². The van der Waals surface area contributed by atoms with E-state index in [-0.39, 0.29) is 0 Å². The smallest absolute Gasteiger partial charge is 0.343 e. The first-order chi connectivity index (χ1) is 10.6. The van der Waals surface area contributed by atoms with Crippen LogP contribution >= 0.6 is 0 Å². The first-order valence-corrected chi connectivity index (χ1v) is 7.17. The number of benzene rings is 2. The van der Waals surface area contributed by atoms with Crippen molar-refractivity contribution in [3.8, 4) is 5.75 Å². The van der Waals surface area contributed by atoms with E-state index in [4.69, 9.17) is 9.47 Å². The average Bonchev–Trinajstić information content (AvgIpc) is 2.53. The minimum absolute atomic E-state index is 0.319. The summed E-state index contributed by atoms with van der Waals surface area (Å²) in [4.78, 5) is 24.0. The van der Waals surface area contributed by atoms with Gasteiger partial charge in [-0.15, -0.1) is 0 Å². The highest BCUT2D eigenvalue weighted by Gasteiger charge is 2.13. The van der Waals surface area contributed by atoms with Gasteiger partial charge < -0.3 is 9.47 Å². The molecular weight excluding hydrogens is 280 g/mol. The molecule has 0 aliphatic carbocycles. The maximum atomic E-state index is 12.1. The summed E-state index contributed by atoms with van der Waals surface area (Å²) in [6.07, 6.45) is 0.758. The van der Waals surface area contributed by atoms with Crippen LogP contribution in [0.3, 0.4) is 0 Å². The maximum Gasteiger partial charge on any atom is 0.343 e. The minimum atomic E-state index is -0.447. The quantitative estimate of drug-likeness (QED) is 0.622. The second-order valence-electron chi connectivity index (χ2n) is 4.87. The molecule has 0 aliphatic rings. The zero-order chi connectivity index (χ0) is 15.9. The molecule has 2 aromatic rings. The van der Waals surface area contributed by atoms with Crippen molar-refractivity contribution in [1.29, 1.82) is 0 Å². The molecule has 0 saturated carbocycles. The number of esters is 2. The molecule has 0 fully saturated rings. The highest BCUT2D eigenvalue weighted by molar-refractivity contribution is 5.93. The first kappa shape index (κ1) is 15.8. The van der Waals surface area contributed by atoms with Crippen molar-refractivity contribution in [1.82, 2.24) is 0 Å². The molecule has 0 aromatic heterocycles. The van der Waals surface area contributed by atoms with Crippen molar-refractivity contribution in [2.24, 2.45) is 0 Å². The van der Waals surface area contributed by atoms with E-state index in [1.54, 1.807) is 30.3 Å². The van der Waals surface area contributed by atoms with Gasteiger partial charge in [-0.3, -0.25) is 0 Å². The molecule has 2 aromatic carbocycles. The lowest BCUT2D eigenvalue weighted by atomic mass is 10.1. The third-order valence-corrected chi connectivity index (χ3v) is 3.08. The lowest BCUT2D eigenvalue weighted by Crippen LogP contribution is -2.11. The molecule has 0 N–H and O–H groups in total. The molecule has 0 spiro atoms. The maximum absolute atomic E-state index is 12.1. The van der Waals surface area contributed by atoms with Crippen LogP contribution in [0.2, 0.25) is 0 Å². The van der Waals surface area contributed by atoms with E-state index in [2.05, 4.69) is 0 Å². The van der Waals surface area contributed by atoms with Crippen LogP contribution in [0, 0.1) is 6.92 Å². The van der Waals surface area contributed by atoms with E-state index < -0.39 is 11.9 Å². The Morgan fingerprint density at radius 2 is 1.77 bits per heavy atom. The first-order valence-electron chi connectivity index (χ1n) is 7.17. The monoisotopic (exact) mass is 298 g/mol. The molecule has 0 atom stereocenters. The highest BCUT2D eigenvalue weighted by Crippen LogP contribution is 2.17. The Kier molecular flexibility index (Phi) is 5.31. The third-order valence-electron chi connectivity index (χ3n) is 3.08. The molecule has 2 rings (SSSR count). The molecule has 4 nitrogen and oxygen atoms in total. The van der Waals surface area contributed by atoms with E-state index in [9.17, 15) is 9.59 Å². The molecule has 114 valence electrons. The van der Waals surface area contributed by atoms with Gasteiger partial charge in [-0.2, -0.15) is 0 Å². The van der Waals surface area contributed by atoms with Crippen molar-refractivity contribution >= 4 is 11.9 Å². The second-order valence-corrected chi connectivity index (χ2v) is 4.87. The van der Waals surface area contributed by atoms with Crippen molar-refractivity contribution in [2.45, 2.75) is 20.3 Å². The molecule has 22 heavy (non-hydrogen) atoms. The lowest BCUT2D eigenvalue weighted by molar-refractivity contribution is 0.0503. The summed E-state index contributed by atoms with van der Waals surface area (Å²) in [6, 6.07) is 13.6. The highest BCUT2D eigenvalue weighted by atomic mass is 16.5. The number of hydrogen-bond donors (Lipinski definition) is 0. The standard InChI is InChI=1S/C18H18O4/c1-3-11-21-17(19)14-8-6-9-15(12-14)22-18(20)16-10-5-4-7-13(16)2/h4-10,12H,3,11H2,1-2H3. The van der Waals surface area contributed by atoms with Gasteiger partial charge >= 0.3 is 11.9 Å². The van der Waals surface area contributed by atoms with Gasteiger partial charge in [0, 0.05) is 0 Å². The Morgan fingerprint density at radius 1 is 1.00 bits per heavy atom. The molecule has 0 amide bonds. The van der Waals surface area contributed by atoms with Gasteiger partial charge in [0.25, 0.3) is 0 Å². The van der Waals surface area contributed by atoms with E-state index in [0.29, 0.717) is 23.5 Å². The van der Waals surface area contributed by atoms with E-state index in [0.717, 1.165) is 12.0 Å². The number of carbonyl (C=O) groups excluding carboxylic acids is 2. The Morgan fingerprint density at radius 3 is 2.50 bits per heavy atom. The zero-order valence-corrected chi connectivity index (χ0v) is 12.7. The van der Waals surface area contributed by atoms with Gasteiger partial charge in [-0.1, -0.05) is 31.2 Å². The fraction of sp³-hybridized carbons (Fsp3) is 0.222. The van der Waals surface area contributed by atoms with Gasteiger partial charge in [-0.25, -0.2) is 9.59 Å². The molecule has 0 aliphatic heterocycles. The van der Waals surface area contributed by atoms with E-state index in [1.165, 1.54) is 6.07 Å². The predicted molar refractivity (Wildman–Crippen MR) is 83.2 cm³/mol. The van der Waals surface area contributed by atoms with Crippen LogP contribution in [0.5, 0.6) is 5.75 Å². The summed E-state index contributed by atoms with van der Waals surface area (Å²) in [6.45, 7) is 4.13. The van der Waals surface area contributed by atoms with Crippen LogP contribution in [0.4, 0.5) is 0 Å². The Hall–Kier alpha value is -2.62. The molecule has 0 radical (unpaired) electrons. The van der Waals surface area contributed by atoms with Crippen LogP contribution in [-0.2, 0) is 4.74 Å². The SMILES string of the molecule is CCCOC(=O)c1cccc(OC(=O)c2ccccc2C)c1. The summed E-state index contributed by atoms with van der Waals surface area (Å²) >= 11 is 0. The van der Waals surface area contributed by atoms with Crippen LogP contribution in [-0.4, -0.2) is 18.5 Å². The van der Waals surface area contributed by atoms with Crippen LogP contribution in [0.1, 0.15) is 39.6 Å². The van der Waals surface area contributed by atoms with Gasteiger partial charge in [0.05, 0.1) is 17.7 Å². The minimum Gasteiger partial charge on any atom is -0.462 e. The molecule has 0 saturated heterocycles. The Labute approximate surface area is 129 Å². The number of carbonyl (C=O) groups is 2. The molecule has 0 bridgehead atoms. The molecule has 4 heteroatoms. The molecule has 0 heterocycles. The third kappa shape index (κ3) is 3.95. The summed E-state index contributed by atoms with van der Waals surface area (Å²) in [5.74, 6) is -0.549. The van der Waals surface area contributed by atoms with Gasteiger partial charge in [-0.05, 0) is 43.2 Å².